The second-order valence-electron chi connectivity index (χ2n) is 4.86. The standard InChI is InChI=1S/C13H21N3O/c1-16-9-8-14-13(16)7-6-12(17)10-15-11-4-2-3-5-11/h8-9,11,15H,2-7,10H2,1H3. The SMILES string of the molecule is Cn1ccnc1CCC(=O)CNC1CCCC1. The summed E-state index contributed by atoms with van der Waals surface area (Å²) in [7, 11) is 1.96. The summed E-state index contributed by atoms with van der Waals surface area (Å²) in [4.78, 5) is 15.9. The minimum atomic E-state index is 0.292. The van der Waals surface area contributed by atoms with Crippen LogP contribution in [-0.2, 0) is 18.3 Å². The summed E-state index contributed by atoms with van der Waals surface area (Å²) in [6, 6.07) is 0.576. The van der Waals surface area contributed by atoms with E-state index in [-0.39, 0.29) is 0 Å². The molecule has 0 unspecified atom stereocenters. The van der Waals surface area contributed by atoms with Crippen LogP contribution in [0.4, 0.5) is 0 Å². The summed E-state index contributed by atoms with van der Waals surface area (Å²) in [5.41, 5.74) is 0. The van der Waals surface area contributed by atoms with Gasteiger partial charge in [-0.05, 0) is 12.8 Å². The highest BCUT2D eigenvalue weighted by Crippen LogP contribution is 2.17. The first-order valence-electron chi connectivity index (χ1n) is 6.47. The molecule has 1 aliphatic rings. The van der Waals surface area contributed by atoms with Gasteiger partial charge in [0, 0.05) is 38.3 Å². The molecule has 1 heterocycles. The molecule has 94 valence electrons. The molecule has 0 aliphatic heterocycles. The third-order valence-electron chi connectivity index (χ3n) is 3.49. The summed E-state index contributed by atoms with van der Waals surface area (Å²) in [5, 5.41) is 3.35. The maximum atomic E-state index is 11.7. The average Bonchev–Trinajstić information content (AvgIpc) is 2.95. The zero-order valence-electron chi connectivity index (χ0n) is 10.5. The number of hydrogen-bond donors (Lipinski definition) is 1. The number of carbonyl (C=O) groups is 1. The predicted molar refractivity (Wildman–Crippen MR) is 66.8 cm³/mol. The van der Waals surface area contributed by atoms with Gasteiger partial charge in [0.2, 0.25) is 0 Å². The van der Waals surface area contributed by atoms with Crippen LogP contribution < -0.4 is 5.32 Å². The normalized spacial score (nSPS) is 16.5. The number of aryl methyl sites for hydroxylation is 2. The zero-order valence-corrected chi connectivity index (χ0v) is 10.5. The lowest BCUT2D eigenvalue weighted by Gasteiger charge is -2.10. The zero-order chi connectivity index (χ0) is 12.1. The van der Waals surface area contributed by atoms with Gasteiger partial charge in [-0.15, -0.1) is 0 Å². The molecule has 4 nitrogen and oxygen atoms in total. The molecular formula is C13H21N3O. The van der Waals surface area contributed by atoms with Gasteiger partial charge in [-0.25, -0.2) is 4.98 Å². The van der Waals surface area contributed by atoms with Gasteiger partial charge in [0.25, 0.3) is 0 Å². The number of aromatic nitrogens is 2. The van der Waals surface area contributed by atoms with Crippen molar-refractivity contribution in [3.05, 3.63) is 18.2 Å². The molecule has 4 heteroatoms. The number of ketones is 1. The molecule has 0 saturated heterocycles. The largest absolute Gasteiger partial charge is 0.338 e. The molecule has 1 aromatic rings. The van der Waals surface area contributed by atoms with E-state index in [0.717, 1.165) is 12.2 Å². The fourth-order valence-electron chi connectivity index (χ4n) is 2.37. The maximum Gasteiger partial charge on any atom is 0.147 e. The Kier molecular flexibility index (Phi) is 4.31. The van der Waals surface area contributed by atoms with Crippen LogP contribution in [0.1, 0.15) is 37.9 Å². The highest BCUT2D eigenvalue weighted by molar-refractivity contribution is 5.80. The third kappa shape index (κ3) is 3.66. The monoisotopic (exact) mass is 235 g/mol. The lowest BCUT2D eigenvalue weighted by Crippen LogP contribution is -2.31. The van der Waals surface area contributed by atoms with Crippen LogP contribution in [0.5, 0.6) is 0 Å². The van der Waals surface area contributed by atoms with E-state index in [1.54, 1.807) is 6.20 Å². The van der Waals surface area contributed by atoms with Crippen molar-refractivity contribution >= 4 is 5.78 Å². The third-order valence-corrected chi connectivity index (χ3v) is 3.49. The second kappa shape index (κ2) is 5.96. The maximum absolute atomic E-state index is 11.7. The number of carbonyl (C=O) groups excluding carboxylic acids is 1. The molecule has 0 atom stereocenters. The highest BCUT2D eigenvalue weighted by Gasteiger charge is 2.15. The molecule has 0 aromatic carbocycles. The van der Waals surface area contributed by atoms with Crippen molar-refractivity contribution in [1.82, 2.24) is 14.9 Å². The Hall–Kier alpha value is -1.16. The highest BCUT2D eigenvalue weighted by atomic mass is 16.1. The molecule has 0 radical (unpaired) electrons. The first-order valence-corrected chi connectivity index (χ1v) is 6.47. The van der Waals surface area contributed by atoms with Crippen molar-refractivity contribution in [3.8, 4) is 0 Å². The van der Waals surface area contributed by atoms with E-state index < -0.39 is 0 Å². The fraction of sp³-hybridized carbons (Fsp3) is 0.692. The molecule has 0 amide bonds. The molecule has 1 N–H and O–H groups in total. The van der Waals surface area contributed by atoms with Crippen LogP contribution in [0, 0.1) is 0 Å². The van der Waals surface area contributed by atoms with Gasteiger partial charge < -0.3 is 9.88 Å². The molecule has 0 spiro atoms. The van der Waals surface area contributed by atoms with Gasteiger partial charge in [0.05, 0.1) is 6.54 Å². The lowest BCUT2D eigenvalue weighted by atomic mass is 10.2. The van der Waals surface area contributed by atoms with E-state index in [4.69, 9.17) is 0 Å². The molecule has 0 bridgehead atoms. The van der Waals surface area contributed by atoms with Crippen molar-refractivity contribution in [2.24, 2.45) is 7.05 Å². The van der Waals surface area contributed by atoms with Crippen molar-refractivity contribution < 1.29 is 4.79 Å². The fourth-order valence-corrected chi connectivity index (χ4v) is 2.37. The van der Waals surface area contributed by atoms with E-state index in [0.29, 0.717) is 24.8 Å². The molecule has 17 heavy (non-hydrogen) atoms. The van der Waals surface area contributed by atoms with E-state index in [9.17, 15) is 4.79 Å². The summed E-state index contributed by atoms with van der Waals surface area (Å²) >= 11 is 0. The molecule has 1 aliphatic carbocycles. The van der Waals surface area contributed by atoms with Crippen LogP contribution in [0.25, 0.3) is 0 Å². The van der Waals surface area contributed by atoms with Gasteiger partial charge in [-0.2, -0.15) is 0 Å². The average molecular weight is 235 g/mol. The number of rotatable bonds is 6. The van der Waals surface area contributed by atoms with Crippen molar-refractivity contribution in [3.63, 3.8) is 0 Å². The summed E-state index contributed by atoms with van der Waals surface area (Å²) < 4.78 is 1.97. The first kappa shape index (κ1) is 12.3. The van der Waals surface area contributed by atoms with E-state index in [2.05, 4.69) is 10.3 Å². The van der Waals surface area contributed by atoms with E-state index >= 15 is 0 Å². The molecular weight excluding hydrogens is 214 g/mol. The Morgan fingerprint density at radius 1 is 1.53 bits per heavy atom. The lowest BCUT2D eigenvalue weighted by molar-refractivity contribution is -0.118. The van der Waals surface area contributed by atoms with E-state index in [1.807, 2.05) is 17.8 Å². The minimum Gasteiger partial charge on any atom is -0.338 e. The number of Topliss-reactive ketones (excluding diaryl/α,β-unsaturated/α-hetero) is 1. The minimum absolute atomic E-state index is 0.292. The Bertz CT molecular complexity index is 366. The topological polar surface area (TPSA) is 46.9 Å². The van der Waals surface area contributed by atoms with Crippen molar-refractivity contribution in [2.45, 2.75) is 44.6 Å². The summed E-state index contributed by atoms with van der Waals surface area (Å²) in [5.74, 6) is 1.28. The first-order chi connectivity index (χ1) is 8.25. The van der Waals surface area contributed by atoms with Gasteiger partial charge in [0.15, 0.2) is 0 Å². The van der Waals surface area contributed by atoms with Crippen LogP contribution in [0.3, 0.4) is 0 Å². The number of imidazole rings is 1. The quantitative estimate of drug-likeness (QED) is 0.812. The van der Waals surface area contributed by atoms with Gasteiger partial charge in [0.1, 0.15) is 11.6 Å². The summed E-state index contributed by atoms with van der Waals surface area (Å²) in [6.45, 7) is 0.523. The van der Waals surface area contributed by atoms with Gasteiger partial charge in [-0.1, -0.05) is 12.8 Å². The van der Waals surface area contributed by atoms with Gasteiger partial charge >= 0.3 is 0 Å². The van der Waals surface area contributed by atoms with Crippen molar-refractivity contribution in [1.29, 1.82) is 0 Å². The predicted octanol–water partition coefficient (Wildman–Crippen LogP) is 1.45. The summed E-state index contributed by atoms with van der Waals surface area (Å²) in [6.07, 6.45) is 10.1. The Balaban J connectivity index is 1.65. The van der Waals surface area contributed by atoms with E-state index in [1.165, 1.54) is 25.7 Å². The van der Waals surface area contributed by atoms with Crippen molar-refractivity contribution in [2.75, 3.05) is 6.54 Å². The van der Waals surface area contributed by atoms with Crippen LogP contribution in [0.2, 0.25) is 0 Å². The molecule has 1 saturated carbocycles. The Morgan fingerprint density at radius 3 is 2.94 bits per heavy atom. The second-order valence-corrected chi connectivity index (χ2v) is 4.86. The molecule has 1 aromatic heterocycles. The van der Waals surface area contributed by atoms with Crippen LogP contribution in [0.15, 0.2) is 12.4 Å². The Labute approximate surface area is 102 Å². The molecule has 1 fully saturated rings. The van der Waals surface area contributed by atoms with Crippen LogP contribution >= 0.6 is 0 Å². The number of nitrogens with zero attached hydrogens (tertiary/aromatic N) is 2. The molecule has 2 rings (SSSR count). The number of hydrogen-bond acceptors (Lipinski definition) is 3. The number of nitrogens with one attached hydrogen (secondary N) is 1. The Morgan fingerprint density at radius 2 is 2.29 bits per heavy atom. The van der Waals surface area contributed by atoms with Crippen LogP contribution in [-0.4, -0.2) is 27.9 Å². The smallest absolute Gasteiger partial charge is 0.147 e. The van der Waals surface area contributed by atoms with Gasteiger partial charge in [-0.3, -0.25) is 4.79 Å².